The van der Waals surface area contributed by atoms with Crippen molar-refractivity contribution in [3.05, 3.63) is 65.7 Å². The maximum atomic E-state index is 12.4. The zero-order valence-corrected chi connectivity index (χ0v) is 15.6. The van der Waals surface area contributed by atoms with Crippen LogP contribution in [0.5, 0.6) is 11.5 Å². The number of ketones is 1. The summed E-state index contributed by atoms with van der Waals surface area (Å²) in [4.78, 5) is 38.1. The van der Waals surface area contributed by atoms with Crippen LogP contribution in [0.25, 0.3) is 5.70 Å². The van der Waals surface area contributed by atoms with Crippen LogP contribution in [-0.2, 0) is 9.53 Å². The van der Waals surface area contributed by atoms with Crippen molar-refractivity contribution in [2.45, 2.75) is 0 Å². The van der Waals surface area contributed by atoms with Gasteiger partial charge in [0.25, 0.3) is 5.91 Å². The van der Waals surface area contributed by atoms with E-state index in [4.69, 9.17) is 14.2 Å². The minimum Gasteiger partial charge on any atom is -0.493 e. The summed E-state index contributed by atoms with van der Waals surface area (Å²) in [5.41, 5.74) is 1.92. The van der Waals surface area contributed by atoms with Crippen molar-refractivity contribution < 1.29 is 28.6 Å². The molecule has 7 nitrogen and oxygen atoms in total. The maximum Gasteiger partial charge on any atom is 0.326 e. The molecular weight excluding hydrogens is 362 g/mol. The van der Waals surface area contributed by atoms with E-state index in [2.05, 4.69) is 6.58 Å². The molecule has 1 heterocycles. The number of Topliss-reactive ketones (excluding diaryl/α,β-unsaturated/α-hetero) is 1. The lowest BCUT2D eigenvalue weighted by Gasteiger charge is -2.16. The number of fused-ring (bicyclic) bond motifs is 1. The van der Waals surface area contributed by atoms with Gasteiger partial charge in [0.05, 0.1) is 14.2 Å². The second-order valence-corrected chi connectivity index (χ2v) is 6.04. The molecule has 0 fully saturated rings. The molecule has 0 aromatic heterocycles. The molecule has 0 atom stereocenters. The normalized spacial score (nSPS) is 12.6. The number of ether oxygens (including phenoxy) is 3. The van der Waals surface area contributed by atoms with Gasteiger partial charge in [0.2, 0.25) is 0 Å². The van der Waals surface area contributed by atoms with Crippen LogP contribution in [0.1, 0.15) is 26.3 Å². The first-order valence-electron chi connectivity index (χ1n) is 8.47. The zero-order valence-electron chi connectivity index (χ0n) is 15.6. The molecular formula is C21H19NO6. The number of nitrogens with zero attached hydrogens (tertiary/aromatic N) is 1. The van der Waals surface area contributed by atoms with E-state index < -0.39 is 18.4 Å². The van der Waals surface area contributed by atoms with E-state index in [-0.39, 0.29) is 12.5 Å². The van der Waals surface area contributed by atoms with Gasteiger partial charge in [0, 0.05) is 22.4 Å². The van der Waals surface area contributed by atoms with Crippen molar-refractivity contribution in [2.75, 3.05) is 27.4 Å². The van der Waals surface area contributed by atoms with E-state index in [1.54, 1.807) is 36.4 Å². The lowest BCUT2D eigenvalue weighted by Crippen LogP contribution is -2.31. The average Bonchev–Trinajstić information content (AvgIpc) is 2.96. The topological polar surface area (TPSA) is 82.1 Å². The van der Waals surface area contributed by atoms with Gasteiger partial charge in [-0.3, -0.25) is 19.3 Å². The molecule has 3 rings (SSSR count). The van der Waals surface area contributed by atoms with Gasteiger partial charge in [0.1, 0.15) is 6.54 Å². The summed E-state index contributed by atoms with van der Waals surface area (Å²) in [6, 6.07) is 11.6. The Morgan fingerprint density at radius 1 is 1.00 bits per heavy atom. The fourth-order valence-electron chi connectivity index (χ4n) is 2.92. The van der Waals surface area contributed by atoms with Crippen LogP contribution >= 0.6 is 0 Å². The largest absolute Gasteiger partial charge is 0.493 e. The predicted octanol–water partition coefficient (Wildman–Crippen LogP) is 2.56. The second-order valence-electron chi connectivity index (χ2n) is 6.04. The number of carbonyl (C=O) groups is 3. The number of hydrogen-bond donors (Lipinski definition) is 0. The van der Waals surface area contributed by atoms with Gasteiger partial charge in [-0.15, -0.1) is 0 Å². The lowest BCUT2D eigenvalue weighted by molar-refractivity contribution is -0.142. The Hall–Kier alpha value is -3.61. The Kier molecular flexibility index (Phi) is 5.44. The summed E-state index contributed by atoms with van der Waals surface area (Å²) in [6.45, 7) is 3.10. The van der Waals surface area contributed by atoms with Crippen molar-refractivity contribution in [1.82, 2.24) is 4.90 Å². The molecule has 1 amide bonds. The van der Waals surface area contributed by atoms with Crippen LogP contribution in [-0.4, -0.2) is 49.9 Å². The molecule has 2 aromatic carbocycles. The van der Waals surface area contributed by atoms with Gasteiger partial charge < -0.3 is 14.2 Å². The summed E-state index contributed by atoms with van der Waals surface area (Å²) < 4.78 is 15.3. The molecule has 144 valence electrons. The number of benzene rings is 2. The summed E-state index contributed by atoms with van der Waals surface area (Å²) in [5.74, 6) is -0.526. The van der Waals surface area contributed by atoms with Crippen molar-refractivity contribution in [1.29, 1.82) is 0 Å². The van der Waals surface area contributed by atoms with Gasteiger partial charge in [-0.05, 0) is 24.3 Å². The van der Waals surface area contributed by atoms with Crippen molar-refractivity contribution in [3.8, 4) is 11.5 Å². The van der Waals surface area contributed by atoms with Crippen molar-refractivity contribution >= 4 is 23.4 Å². The SMILES string of the molecule is C=C1c2ccccc2C(=O)N1CC(=O)OCC(=O)c1ccc(OC)c(OC)c1. The quantitative estimate of drug-likeness (QED) is 0.542. The number of amides is 1. The number of esters is 1. The summed E-state index contributed by atoms with van der Waals surface area (Å²) >= 11 is 0. The molecule has 2 aromatic rings. The monoisotopic (exact) mass is 381 g/mol. The van der Waals surface area contributed by atoms with Gasteiger partial charge in [-0.25, -0.2) is 0 Å². The standard InChI is InChI=1S/C21H19NO6/c1-13-15-6-4-5-7-16(15)21(25)22(13)11-20(24)28-12-17(23)14-8-9-18(26-2)19(10-14)27-3/h4-10H,1,11-12H2,2-3H3. The molecule has 0 radical (unpaired) electrons. The summed E-state index contributed by atoms with van der Waals surface area (Å²) in [5, 5.41) is 0. The minimum absolute atomic E-state index is 0.314. The molecule has 1 aliphatic heterocycles. The zero-order chi connectivity index (χ0) is 20.3. The van der Waals surface area contributed by atoms with E-state index in [0.29, 0.717) is 33.9 Å². The van der Waals surface area contributed by atoms with Crippen LogP contribution in [0.2, 0.25) is 0 Å². The van der Waals surface area contributed by atoms with Crippen LogP contribution < -0.4 is 9.47 Å². The Morgan fingerprint density at radius 3 is 2.32 bits per heavy atom. The predicted molar refractivity (Wildman–Crippen MR) is 101 cm³/mol. The Bertz CT molecular complexity index is 930. The molecule has 0 N–H and O–H groups in total. The average molecular weight is 381 g/mol. The number of methoxy groups -OCH3 is 2. The highest BCUT2D eigenvalue weighted by Crippen LogP contribution is 2.31. The minimum atomic E-state index is -0.698. The first kappa shape index (κ1) is 19.2. The van der Waals surface area contributed by atoms with Crippen LogP contribution in [0, 0.1) is 0 Å². The molecule has 28 heavy (non-hydrogen) atoms. The van der Waals surface area contributed by atoms with E-state index >= 15 is 0 Å². The van der Waals surface area contributed by atoms with Crippen molar-refractivity contribution in [3.63, 3.8) is 0 Å². The number of rotatable bonds is 7. The molecule has 0 aliphatic carbocycles. The number of hydrogen-bond acceptors (Lipinski definition) is 6. The van der Waals surface area contributed by atoms with E-state index in [9.17, 15) is 14.4 Å². The van der Waals surface area contributed by atoms with Crippen LogP contribution in [0.15, 0.2) is 49.0 Å². The molecule has 7 heteroatoms. The highest BCUT2D eigenvalue weighted by atomic mass is 16.5. The summed E-state index contributed by atoms with van der Waals surface area (Å²) in [6.07, 6.45) is 0. The Balaban J connectivity index is 1.60. The van der Waals surface area contributed by atoms with Crippen molar-refractivity contribution in [2.24, 2.45) is 0 Å². The highest BCUT2D eigenvalue weighted by molar-refractivity contribution is 6.10. The molecule has 0 spiro atoms. The lowest BCUT2D eigenvalue weighted by atomic mass is 10.1. The van der Waals surface area contributed by atoms with Crippen LogP contribution in [0.4, 0.5) is 0 Å². The van der Waals surface area contributed by atoms with Gasteiger partial charge in [-0.1, -0.05) is 24.8 Å². The maximum absolute atomic E-state index is 12.4. The summed E-state index contributed by atoms with van der Waals surface area (Å²) in [7, 11) is 2.96. The van der Waals surface area contributed by atoms with Gasteiger partial charge in [-0.2, -0.15) is 0 Å². The smallest absolute Gasteiger partial charge is 0.326 e. The molecule has 0 unspecified atom stereocenters. The molecule has 0 saturated heterocycles. The first-order chi connectivity index (χ1) is 13.5. The van der Waals surface area contributed by atoms with E-state index in [1.165, 1.54) is 25.2 Å². The fourth-order valence-corrected chi connectivity index (χ4v) is 2.92. The van der Waals surface area contributed by atoms with E-state index in [0.717, 1.165) is 0 Å². The molecule has 0 saturated carbocycles. The second kappa shape index (κ2) is 7.96. The third-order valence-corrected chi connectivity index (χ3v) is 4.40. The van der Waals surface area contributed by atoms with Gasteiger partial charge >= 0.3 is 5.97 Å². The Labute approximate surface area is 162 Å². The molecule has 1 aliphatic rings. The molecule has 0 bridgehead atoms. The Morgan fingerprint density at radius 2 is 1.68 bits per heavy atom. The van der Waals surface area contributed by atoms with E-state index in [1.807, 2.05) is 0 Å². The fraction of sp³-hybridized carbons (Fsp3) is 0.190. The first-order valence-corrected chi connectivity index (χ1v) is 8.47. The number of carbonyl (C=O) groups excluding carboxylic acids is 3. The third kappa shape index (κ3) is 3.59. The third-order valence-electron chi connectivity index (χ3n) is 4.40. The van der Waals surface area contributed by atoms with Gasteiger partial charge in [0.15, 0.2) is 23.9 Å². The highest BCUT2D eigenvalue weighted by Gasteiger charge is 2.32. The van der Waals surface area contributed by atoms with Crippen LogP contribution in [0.3, 0.4) is 0 Å².